The fraction of sp³-hybridized carbons (Fsp3) is 0.417. The van der Waals surface area contributed by atoms with Crippen molar-refractivity contribution in [1.82, 2.24) is 5.32 Å². The van der Waals surface area contributed by atoms with Crippen molar-refractivity contribution in [2.24, 2.45) is 0 Å². The highest BCUT2D eigenvalue weighted by Crippen LogP contribution is 2.27. The first-order valence-corrected chi connectivity index (χ1v) is 5.43. The molecule has 0 saturated carbocycles. The van der Waals surface area contributed by atoms with Crippen LogP contribution in [0.4, 0.5) is 11.4 Å². The van der Waals surface area contributed by atoms with Crippen LogP contribution in [0, 0.1) is 0 Å². The number of carbonyl (C=O) groups excluding carboxylic acids is 1. The Kier molecular flexibility index (Phi) is 2.50. The Balaban J connectivity index is 2.36. The highest BCUT2D eigenvalue weighted by molar-refractivity contribution is 5.90. The second-order valence-corrected chi connectivity index (χ2v) is 4.56. The first-order chi connectivity index (χ1) is 7.51. The number of nitrogens with one attached hydrogen (secondary N) is 1. The second-order valence-electron chi connectivity index (χ2n) is 4.56. The van der Waals surface area contributed by atoms with Crippen LogP contribution in [0.25, 0.3) is 0 Å². The molecule has 0 unspecified atom stereocenters. The fourth-order valence-electron chi connectivity index (χ4n) is 2.04. The molecule has 2 rings (SSSR count). The fourth-order valence-corrected chi connectivity index (χ4v) is 2.04. The van der Waals surface area contributed by atoms with Gasteiger partial charge >= 0.3 is 0 Å². The Morgan fingerprint density at radius 1 is 1.44 bits per heavy atom. The lowest BCUT2D eigenvalue weighted by Gasteiger charge is -2.42. The van der Waals surface area contributed by atoms with E-state index in [1.807, 2.05) is 38.1 Å². The van der Waals surface area contributed by atoms with Crippen LogP contribution in [0.2, 0.25) is 0 Å². The molecule has 1 aromatic rings. The topological polar surface area (TPSA) is 58.4 Å². The van der Waals surface area contributed by atoms with Crippen LogP contribution in [0.3, 0.4) is 0 Å². The number of amides is 1. The van der Waals surface area contributed by atoms with Crippen molar-refractivity contribution < 1.29 is 4.79 Å². The van der Waals surface area contributed by atoms with Gasteiger partial charge in [-0.25, -0.2) is 0 Å². The summed E-state index contributed by atoms with van der Waals surface area (Å²) < 4.78 is 0. The molecule has 1 aliphatic heterocycles. The molecule has 4 nitrogen and oxygen atoms in total. The van der Waals surface area contributed by atoms with Crippen molar-refractivity contribution in [3.63, 3.8) is 0 Å². The van der Waals surface area contributed by atoms with Gasteiger partial charge in [-0.15, -0.1) is 0 Å². The Morgan fingerprint density at radius 3 is 2.88 bits per heavy atom. The van der Waals surface area contributed by atoms with Gasteiger partial charge < -0.3 is 16.0 Å². The Hall–Kier alpha value is -1.71. The minimum absolute atomic E-state index is 0.0566. The standard InChI is InChI=1S/C12H17N3O/c1-12(2)11(16)14-6-7-15(12)10-5-3-4-9(13)8-10/h3-5,8H,6-7,13H2,1-2H3,(H,14,16). The molecule has 1 saturated heterocycles. The van der Waals surface area contributed by atoms with E-state index >= 15 is 0 Å². The summed E-state index contributed by atoms with van der Waals surface area (Å²) in [7, 11) is 0. The molecule has 4 heteroatoms. The quantitative estimate of drug-likeness (QED) is 0.692. The van der Waals surface area contributed by atoms with Gasteiger partial charge in [-0.2, -0.15) is 0 Å². The van der Waals surface area contributed by atoms with Crippen molar-refractivity contribution in [2.45, 2.75) is 19.4 Å². The number of piperazine rings is 1. The number of nitrogens with zero attached hydrogens (tertiary/aromatic N) is 1. The number of hydrogen-bond donors (Lipinski definition) is 2. The van der Waals surface area contributed by atoms with Crippen molar-refractivity contribution in [3.05, 3.63) is 24.3 Å². The van der Waals surface area contributed by atoms with Crippen molar-refractivity contribution in [3.8, 4) is 0 Å². The molecule has 0 radical (unpaired) electrons. The number of nitrogens with two attached hydrogens (primary N) is 1. The average Bonchev–Trinajstić information content (AvgIpc) is 2.22. The lowest BCUT2D eigenvalue weighted by molar-refractivity contribution is -0.126. The highest BCUT2D eigenvalue weighted by Gasteiger charge is 2.37. The van der Waals surface area contributed by atoms with Gasteiger partial charge in [-0.1, -0.05) is 6.07 Å². The van der Waals surface area contributed by atoms with Gasteiger partial charge in [0.15, 0.2) is 0 Å². The third kappa shape index (κ3) is 1.71. The SMILES string of the molecule is CC1(C)C(=O)NCCN1c1cccc(N)c1. The normalized spacial score (nSPS) is 19.4. The molecular weight excluding hydrogens is 202 g/mol. The monoisotopic (exact) mass is 219 g/mol. The molecule has 0 aliphatic carbocycles. The molecule has 0 spiro atoms. The second kappa shape index (κ2) is 3.70. The van der Waals surface area contributed by atoms with Gasteiger partial charge in [-0.3, -0.25) is 4.79 Å². The Bertz CT molecular complexity index is 414. The van der Waals surface area contributed by atoms with E-state index < -0.39 is 5.54 Å². The van der Waals surface area contributed by atoms with Gasteiger partial charge in [0.2, 0.25) is 5.91 Å². The van der Waals surface area contributed by atoms with E-state index in [9.17, 15) is 4.79 Å². The molecule has 0 aromatic heterocycles. The smallest absolute Gasteiger partial charge is 0.245 e. The Morgan fingerprint density at radius 2 is 2.19 bits per heavy atom. The summed E-state index contributed by atoms with van der Waals surface area (Å²) in [6, 6.07) is 7.64. The summed E-state index contributed by atoms with van der Waals surface area (Å²) in [6.07, 6.45) is 0. The van der Waals surface area contributed by atoms with E-state index in [-0.39, 0.29) is 5.91 Å². The maximum Gasteiger partial charge on any atom is 0.245 e. The minimum Gasteiger partial charge on any atom is -0.399 e. The minimum atomic E-state index is -0.522. The molecule has 1 heterocycles. The van der Waals surface area contributed by atoms with Crippen LogP contribution in [0.1, 0.15) is 13.8 Å². The van der Waals surface area contributed by atoms with Crippen LogP contribution in [-0.4, -0.2) is 24.5 Å². The van der Waals surface area contributed by atoms with E-state index in [1.54, 1.807) is 0 Å². The van der Waals surface area contributed by atoms with E-state index in [0.29, 0.717) is 6.54 Å². The lowest BCUT2D eigenvalue weighted by atomic mass is 9.98. The third-order valence-electron chi connectivity index (χ3n) is 3.03. The molecule has 3 N–H and O–H groups in total. The summed E-state index contributed by atoms with van der Waals surface area (Å²) in [5.41, 5.74) is 6.96. The molecule has 1 aromatic carbocycles. The van der Waals surface area contributed by atoms with Gasteiger partial charge in [0, 0.05) is 24.5 Å². The summed E-state index contributed by atoms with van der Waals surface area (Å²) in [4.78, 5) is 13.9. The van der Waals surface area contributed by atoms with Crippen molar-refractivity contribution in [2.75, 3.05) is 23.7 Å². The molecular formula is C12H17N3O. The number of carbonyl (C=O) groups is 1. The first kappa shape index (κ1) is 10.8. The molecule has 86 valence electrons. The van der Waals surface area contributed by atoms with Gasteiger partial charge in [0.1, 0.15) is 5.54 Å². The van der Waals surface area contributed by atoms with Crippen molar-refractivity contribution >= 4 is 17.3 Å². The number of nitrogen functional groups attached to an aromatic ring is 1. The van der Waals surface area contributed by atoms with Crippen molar-refractivity contribution in [1.29, 1.82) is 0 Å². The zero-order chi connectivity index (χ0) is 11.8. The number of anilines is 2. The van der Waals surface area contributed by atoms with Gasteiger partial charge in [-0.05, 0) is 32.0 Å². The molecule has 1 amide bonds. The van der Waals surface area contributed by atoms with Gasteiger partial charge in [0.05, 0.1) is 0 Å². The summed E-state index contributed by atoms with van der Waals surface area (Å²) in [5, 5.41) is 2.87. The molecule has 1 fully saturated rings. The highest BCUT2D eigenvalue weighted by atomic mass is 16.2. The Labute approximate surface area is 95.4 Å². The lowest BCUT2D eigenvalue weighted by Crippen LogP contribution is -2.62. The molecule has 0 atom stereocenters. The van der Waals surface area contributed by atoms with Crippen LogP contribution in [0.5, 0.6) is 0 Å². The van der Waals surface area contributed by atoms with Gasteiger partial charge in [0.25, 0.3) is 0 Å². The molecule has 0 bridgehead atoms. The van der Waals surface area contributed by atoms with Crippen LogP contribution in [-0.2, 0) is 4.79 Å². The van der Waals surface area contributed by atoms with E-state index in [0.717, 1.165) is 17.9 Å². The third-order valence-corrected chi connectivity index (χ3v) is 3.03. The van der Waals surface area contributed by atoms with E-state index in [1.165, 1.54) is 0 Å². The number of hydrogen-bond acceptors (Lipinski definition) is 3. The van der Waals surface area contributed by atoms with E-state index in [2.05, 4.69) is 10.2 Å². The molecule has 1 aliphatic rings. The predicted molar refractivity (Wildman–Crippen MR) is 65.3 cm³/mol. The summed E-state index contributed by atoms with van der Waals surface area (Å²) in [6.45, 7) is 5.33. The van der Waals surface area contributed by atoms with Crippen LogP contribution >= 0.6 is 0 Å². The maximum absolute atomic E-state index is 11.8. The zero-order valence-corrected chi connectivity index (χ0v) is 9.66. The largest absolute Gasteiger partial charge is 0.399 e. The van der Waals surface area contributed by atoms with E-state index in [4.69, 9.17) is 5.73 Å². The summed E-state index contributed by atoms with van der Waals surface area (Å²) in [5.74, 6) is 0.0566. The number of rotatable bonds is 1. The molecule has 16 heavy (non-hydrogen) atoms. The summed E-state index contributed by atoms with van der Waals surface area (Å²) >= 11 is 0. The number of benzene rings is 1. The maximum atomic E-state index is 11.8. The zero-order valence-electron chi connectivity index (χ0n) is 9.66. The average molecular weight is 219 g/mol. The first-order valence-electron chi connectivity index (χ1n) is 5.43. The predicted octanol–water partition coefficient (Wildman–Crippen LogP) is 0.984. The van der Waals surface area contributed by atoms with Crippen LogP contribution < -0.4 is 16.0 Å². The van der Waals surface area contributed by atoms with Crippen LogP contribution in [0.15, 0.2) is 24.3 Å².